The molecule has 0 atom stereocenters. The molecule has 1 aromatic carbocycles. The molecule has 0 spiro atoms. The molecule has 0 radical (unpaired) electrons. The second-order valence-electron chi connectivity index (χ2n) is 5.53. The van der Waals surface area contributed by atoms with E-state index in [1.807, 2.05) is 12.1 Å². The van der Waals surface area contributed by atoms with Crippen molar-refractivity contribution in [2.45, 2.75) is 17.0 Å². The molecule has 4 nitrogen and oxygen atoms in total. The molecular weight excluding hydrogens is 375 g/mol. The molecule has 27 heavy (non-hydrogen) atoms. The van der Waals surface area contributed by atoms with Gasteiger partial charge in [0.05, 0.1) is 11.1 Å². The molecule has 1 amide bonds. The van der Waals surface area contributed by atoms with Crippen molar-refractivity contribution >= 4 is 23.4 Å². The summed E-state index contributed by atoms with van der Waals surface area (Å²) >= 11 is 1.40. The number of alkyl halides is 3. The van der Waals surface area contributed by atoms with Gasteiger partial charge in [0.1, 0.15) is 5.03 Å². The van der Waals surface area contributed by atoms with E-state index in [0.29, 0.717) is 16.3 Å². The smallest absolute Gasteiger partial charge is 0.322 e. The van der Waals surface area contributed by atoms with Gasteiger partial charge in [-0.3, -0.25) is 9.78 Å². The Morgan fingerprint density at radius 1 is 1.00 bits per heavy atom. The number of benzene rings is 1. The quantitative estimate of drug-likeness (QED) is 0.621. The Hall–Kier alpha value is -2.87. The summed E-state index contributed by atoms with van der Waals surface area (Å²) in [5.74, 6) is 0.181. The van der Waals surface area contributed by atoms with Crippen LogP contribution in [0.3, 0.4) is 0 Å². The van der Waals surface area contributed by atoms with E-state index in [-0.39, 0.29) is 5.69 Å². The van der Waals surface area contributed by atoms with Gasteiger partial charge in [0.15, 0.2) is 0 Å². The largest absolute Gasteiger partial charge is 0.416 e. The highest BCUT2D eigenvalue weighted by atomic mass is 32.2. The number of halogens is 3. The number of anilines is 1. The van der Waals surface area contributed by atoms with Crippen molar-refractivity contribution < 1.29 is 18.0 Å². The van der Waals surface area contributed by atoms with Gasteiger partial charge in [-0.15, -0.1) is 11.8 Å². The van der Waals surface area contributed by atoms with Gasteiger partial charge in [0.2, 0.25) is 0 Å². The Kier molecular flexibility index (Phi) is 5.75. The van der Waals surface area contributed by atoms with Gasteiger partial charge >= 0.3 is 6.18 Å². The fourth-order valence-electron chi connectivity index (χ4n) is 2.25. The zero-order chi connectivity index (χ0) is 19.3. The highest BCUT2D eigenvalue weighted by Gasteiger charge is 2.30. The number of thioether (sulfide) groups is 1. The van der Waals surface area contributed by atoms with E-state index in [4.69, 9.17) is 0 Å². The van der Waals surface area contributed by atoms with Gasteiger partial charge in [-0.25, -0.2) is 4.98 Å². The van der Waals surface area contributed by atoms with Crippen LogP contribution in [-0.4, -0.2) is 15.9 Å². The number of carbonyl (C=O) groups is 1. The molecule has 0 aliphatic rings. The van der Waals surface area contributed by atoms with Crippen LogP contribution in [0, 0.1) is 0 Å². The lowest BCUT2D eigenvalue weighted by Crippen LogP contribution is -2.14. The topological polar surface area (TPSA) is 54.9 Å². The molecule has 2 aromatic heterocycles. The predicted octanol–water partition coefficient (Wildman–Crippen LogP) is 5.04. The molecule has 0 aliphatic carbocycles. The summed E-state index contributed by atoms with van der Waals surface area (Å²) in [4.78, 5) is 20.7. The van der Waals surface area contributed by atoms with Crippen LogP contribution in [0.5, 0.6) is 0 Å². The minimum atomic E-state index is -4.41. The maximum Gasteiger partial charge on any atom is 0.416 e. The number of hydrogen-bond donors (Lipinski definition) is 1. The number of nitrogens with zero attached hydrogens (tertiary/aromatic N) is 2. The Bertz CT molecular complexity index is 915. The fraction of sp³-hybridized carbons (Fsp3) is 0.105. The normalized spacial score (nSPS) is 11.2. The van der Waals surface area contributed by atoms with Crippen LogP contribution in [0.1, 0.15) is 21.5 Å². The van der Waals surface area contributed by atoms with Crippen LogP contribution in [-0.2, 0) is 11.9 Å². The summed E-state index contributed by atoms with van der Waals surface area (Å²) in [6.07, 6.45) is 0.547. The van der Waals surface area contributed by atoms with E-state index in [0.717, 1.165) is 17.7 Å². The number of nitrogens with one attached hydrogen (secondary N) is 1. The van der Waals surface area contributed by atoms with Crippen LogP contribution in [0.25, 0.3) is 0 Å². The molecule has 0 bridgehead atoms. The van der Waals surface area contributed by atoms with Gasteiger partial charge in [0, 0.05) is 30.0 Å². The molecule has 0 unspecified atom stereocenters. The second-order valence-corrected chi connectivity index (χ2v) is 6.49. The third-order valence-corrected chi connectivity index (χ3v) is 4.69. The van der Waals surface area contributed by atoms with E-state index in [1.54, 1.807) is 30.7 Å². The minimum Gasteiger partial charge on any atom is -0.322 e. The predicted molar refractivity (Wildman–Crippen MR) is 97.4 cm³/mol. The number of amides is 1. The summed E-state index contributed by atoms with van der Waals surface area (Å²) in [6.45, 7) is 0. The first kappa shape index (κ1) is 18.9. The molecule has 0 fully saturated rings. The Morgan fingerprint density at radius 3 is 2.37 bits per heavy atom. The molecule has 1 N–H and O–H groups in total. The van der Waals surface area contributed by atoms with Crippen molar-refractivity contribution in [3.05, 3.63) is 83.8 Å². The Morgan fingerprint density at radius 2 is 1.70 bits per heavy atom. The first-order chi connectivity index (χ1) is 12.9. The van der Waals surface area contributed by atoms with Crippen LogP contribution >= 0.6 is 11.8 Å². The zero-order valence-electron chi connectivity index (χ0n) is 13.9. The number of aromatic nitrogens is 2. The molecule has 3 aromatic rings. The first-order valence-electron chi connectivity index (χ1n) is 7.89. The average Bonchev–Trinajstić information content (AvgIpc) is 2.67. The number of carbonyl (C=O) groups excluding carboxylic acids is 1. The number of hydrogen-bond acceptors (Lipinski definition) is 4. The standard InChI is InChI=1S/C19H14F3N3OS/c20-19(21,22)14-3-5-15(6-4-14)25-17(26)16-2-1-9-24-18(16)27-12-13-7-10-23-11-8-13/h1-11H,12H2,(H,25,26). The van der Waals surface area contributed by atoms with Gasteiger partial charge in [-0.2, -0.15) is 13.2 Å². The highest BCUT2D eigenvalue weighted by molar-refractivity contribution is 7.98. The van der Waals surface area contributed by atoms with Gasteiger partial charge in [-0.05, 0) is 54.1 Å². The molecule has 0 saturated heterocycles. The lowest BCUT2D eigenvalue weighted by atomic mass is 10.2. The van der Waals surface area contributed by atoms with Crippen molar-refractivity contribution in [3.63, 3.8) is 0 Å². The van der Waals surface area contributed by atoms with Crippen LogP contribution in [0.15, 0.2) is 72.1 Å². The molecule has 8 heteroatoms. The van der Waals surface area contributed by atoms with Gasteiger partial charge in [-0.1, -0.05) is 0 Å². The lowest BCUT2D eigenvalue weighted by Gasteiger charge is -2.10. The molecule has 0 saturated carbocycles. The van der Waals surface area contributed by atoms with Gasteiger partial charge in [0.25, 0.3) is 5.91 Å². The molecule has 0 aliphatic heterocycles. The maximum atomic E-state index is 12.6. The monoisotopic (exact) mass is 389 g/mol. The summed E-state index contributed by atoms with van der Waals surface area (Å²) in [6, 6.07) is 11.3. The average molecular weight is 389 g/mol. The first-order valence-corrected chi connectivity index (χ1v) is 8.87. The summed E-state index contributed by atoms with van der Waals surface area (Å²) in [5, 5.41) is 3.15. The summed E-state index contributed by atoms with van der Waals surface area (Å²) < 4.78 is 37.9. The molecule has 3 rings (SSSR count). The summed E-state index contributed by atoms with van der Waals surface area (Å²) in [5.41, 5.74) is 0.906. The molecular formula is C19H14F3N3OS. The van der Waals surface area contributed by atoms with E-state index in [9.17, 15) is 18.0 Å². The lowest BCUT2D eigenvalue weighted by molar-refractivity contribution is -0.137. The van der Waals surface area contributed by atoms with Gasteiger partial charge < -0.3 is 5.32 Å². The highest BCUT2D eigenvalue weighted by Crippen LogP contribution is 2.30. The van der Waals surface area contributed by atoms with Crippen molar-refractivity contribution in [3.8, 4) is 0 Å². The van der Waals surface area contributed by atoms with E-state index < -0.39 is 17.6 Å². The summed E-state index contributed by atoms with van der Waals surface area (Å²) in [7, 11) is 0. The number of pyridine rings is 2. The Labute approximate surface area is 157 Å². The van der Waals surface area contributed by atoms with Crippen LogP contribution in [0.4, 0.5) is 18.9 Å². The third-order valence-electron chi connectivity index (χ3n) is 3.61. The Balaban J connectivity index is 1.71. The van der Waals surface area contributed by atoms with Crippen molar-refractivity contribution in [1.29, 1.82) is 0 Å². The molecule has 138 valence electrons. The van der Waals surface area contributed by atoms with Crippen molar-refractivity contribution in [2.24, 2.45) is 0 Å². The van der Waals surface area contributed by atoms with E-state index in [1.165, 1.54) is 23.9 Å². The SMILES string of the molecule is O=C(Nc1ccc(C(F)(F)F)cc1)c1cccnc1SCc1ccncc1. The maximum absolute atomic E-state index is 12.6. The van der Waals surface area contributed by atoms with Crippen LogP contribution in [0.2, 0.25) is 0 Å². The van der Waals surface area contributed by atoms with Crippen LogP contribution < -0.4 is 5.32 Å². The van der Waals surface area contributed by atoms with E-state index >= 15 is 0 Å². The van der Waals surface area contributed by atoms with Crippen molar-refractivity contribution in [2.75, 3.05) is 5.32 Å². The van der Waals surface area contributed by atoms with Crippen molar-refractivity contribution in [1.82, 2.24) is 9.97 Å². The fourth-order valence-corrected chi connectivity index (χ4v) is 3.20. The second kappa shape index (κ2) is 8.22. The third kappa shape index (κ3) is 5.07. The number of rotatable bonds is 5. The zero-order valence-corrected chi connectivity index (χ0v) is 14.7. The minimum absolute atomic E-state index is 0.280. The van der Waals surface area contributed by atoms with E-state index in [2.05, 4.69) is 15.3 Å². The molecule has 2 heterocycles.